The van der Waals surface area contributed by atoms with E-state index in [1.807, 2.05) is 0 Å². The second-order valence-electron chi connectivity index (χ2n) is 2.82. The highest BCUT2D eigenvalue weighted by Crippen LogP contribution is 2.30. The minimum absolute atomic E-state index is 0.154. The fourth-order valence-corrected chi connectivity index (χ4v) is 1.50. The smallest absolute Gasteiger partial charge is 0.337 e. The highest BCUT2D eigenvalue weighted by Gasteiger charge is 2.20. The van der Waals surface area contributed by atoms with E-state index in [0.29, 0.717) is 10.6 Å². The van der Waals surface area contributed by atoms with Crippen molar-refractivity contribution in [2.24, 2.45) is 0 Å². The normalized spacial score (nSPS) is 12.6. The summed E-state index contributed by atoms with van der Waals surface area (Å²) in [4.78, 5) is 10.5. The molecule has 0 spiro atoms. The summed E-state index contributed by atoms with van der Waals surface area (Å²) in [6.45, 7) is 1.66. The third-order valence-corrected chi connectivity index (χ3v) is 2.79. The van der Waals surface area contributed by atoms with Gasteiger partial charge in [-0.15, -0.1) is 0 Å². The Bertz CT molecular complexity index is 377. The first-order chi connectivity index (χ1) is 6.45. The summed E-state index contributed by atoms with van der Waals surface area (Å²) in [5.74, 6) is -1.34. The number of benzene rings is 1. The lowest BCUT2D eigenvalue weighted by Crippen LogP contribution is -2.11. The molecule has 76 valence electrons. The van der Waals surface area contributed by atoms with Crippen molar-refractivity contribution in [2.75, 3.05) is 0 Å². The van der Waals surface area contributed by atoms with Crippen molar-refractivity contribution in [1.29, 1.82) is 0 Å². The Kier molecular flexibility index (Phi) is 3.37. The topological polar surface area (TPSA) is 57.5 Å². The average molecular weight is 235 g/mol. The van der Waals surface area contributed by atoms with Crippen LogP contribution in [0.1, 0.15) is 17.2 Å². The summed E-state index contributed by atoms with van der Waals surface area (Å²) < 4.78 is 0. The van der Waals surface area contributed by atoms with Gasteiger partial charge in [0.15, 0.2) is 6.10 Å². The van der Waals surface area contributed by atoms with Crippen molar-refractivity contribution in [3.05, 3.63) is 33.3 Å². The molecule has 1 atom stereocenters. The number of rotatable bonds is 2. The summed E-state index contributed by atoms with van der Waals surface area (Å²) in [5.41, 5.74) is 0.715. The molecule has 1 aromatic rings. The molecule has 0 fully saturated rings. The van der Waals surface area contributed by atoms with E-state index in [1.165, 1.54) is 12.1 Å². The summed E-state index contributed by atoms with van der Waals surface area (Å²) in [7, 11) is 0. The van der Waals surface area contributed by atoms with Gasteiger partial charge >= 0.3 is 5.97 Å². The van der Waals surface area contributed by atoms with E-state index in [1.54, 1.807) is 6.92 Å². The van der Waals surface area contributed by atoms with E-state index in [9.17, 15) is 9.90 Å². The van der Waals surface area contributed by atoms with Crippen LogP contribution in [0.4, 0.5) is 0 Å². The molecule has 0 saturated carbocycles. The van der Waals surface area contributed by atoms with E-state index in [0.717, 1.165) is 0 Å². The molecule has 0 saturated heterocycles. The van der Waals surface area contributed by atoms with Crippen molar-refractivity contribution >= 4 is 29.2 Å². The van der Waals surface area contributed by atoms with Gasteiger partial charge in [-0.1, -0.05) is 29.3 Å². The molecule has 0 aromatic heterocycles. The molecule has 1 aromatic carbocycles. The van der Waals surface area contributed by atoms with E-state index >= 15 is 0 Å². The molecule has 0 bridgehead atoms. The molecule has 0 unspecified atom stereocenters. The molecule has 0 aliphatic carbocycles. The molecule has 3 nitrogen and oxygen atoms in total. The maximum Gasteiger partial charge on any atom is 0.337 e. The molecular weight excluding hydrogens is 227 g/mol. The minimum atomic E-state index is -1.61. The second-order valence-corrected chi connectivity index (χ2v) is 3.60. The Morgan fingerprint density at radius 3 is 2.50 bits per heavy atom. The van der Waals surface area contributed by atoms with Crippen LogP contribution in [-0.2, 0) is 4.79 Å². The van der Waals surface area contributed by atoms with E-state index in [4.69, 9.17) is 28.3 Å². The fraction of sp³-hybridized carbons (Fsp3) is 0.222. The van der Waals surface area contributed by atoms with Crippen LogP contribution >= 0.6 is 23.2 Å². The Morgan fingerprint density at radius 1 is 1.43 bits per heavy atom. The lowest BCUT2D eigenvalue weighted by atomic mass is 10.1. The van der Waals surface area contributed by atoms with Gasteiger partial charge in [0.2, 0.25) is 0 Å². The monoisotopic (exact) mass is 234 g/mol. The van der Waals surface area contributed by atoms with Gasteiger partial charge in [-0.3, -0.25) is 0 Å². The van der Waals surface area contributed by atoms with Gasteiger partial charge in [-0.2, -0.15) is 0 Å². The van der Waals surface area contributed by atoms with Crippen LogP contribution in [0.3, 0.4) is 0 Å². The number of aliphatic hydroxyl groups is 1. The van der Waals surface area contributed by atoms with Crippen LogP contribution in [0.25, 0.3) is 0 Å². The van der Waals surface area contributed by atoms with Crippen molar-refractivity contribution < 1.29 is 15.0 Å². The number of carboxylic acids is 1. The maximum atomic E-state index is 10.5. The molecule has 0 amide bonds. The summed E-state index contributed by atoms with van der Waals surface area (Å²) >= 11 is 11.6. The number of halogens is 2. The van der Waals surface area contributed by atoms with E-state index in [2.05, 4.69) is 0 Å². The molecule has 2 N–H and O–H groups in total. The number of carbonyl (C=O) groups is 1. The Morgan fingerprint density at radius 2 is 2.00 bits per heavy atom. The van der Waals surface area contributed by atoms with E-state index in [-0.39, 0.29) is 10.6 Å². The zero-order valence-corrected chi connectivity index (χ0v) is 8.80. The standard InChI is InChI=1S/C9H8Cl2O3/c1-4-6(10)3-2-5(7(4)11)8(12)9(13)14/h2-3,8,12H,1H3,(H,13,14)/t8-/m1/s1. The lowest BCUT2D eigenvalue weighted by molar-refractivity contribution is -0.146. The Hall–Kier alpha value is -0.770. The third-order valence-electron chi connectivity index (χ3n) is 1.88. The molecule has 5 heteroatoms. The van der Waals surface area contributed by atoms with Crippen molar-refractivity contribution in [3.8, 4) is 0 Å². The van der Waals surface area contributed by atoms with Gasteiger partial charge in [-0.25, -0.2) is 4.79 Å². The van der Waals surface area contributed by atoms with Crippen LogP contribution in [-0.4, -0.2) is 16.2 Å². The highest BCUT2D eigenvalue weighted by atomic mass is 35.5. The van der Waals surface area contributed by atoms with Crippen molar-refractivity contribution in [3.63, 3.8) is 0 Å². The van der Waals surface area contributed by atoms with Crippen molar-refractivity contribution in [1.82, 2.24) is 0 Å². The van der Waals surface area contributed by atoms with Crippen LogP contribution in [0.2, 0.25) is 10.0 Å². The van der Waals surface area contributed by atoms with Gasteiger partial charge in [0.05, 0.1) is 5.02 Å². The van der Waals surface area contributed by atoms with Crippen molar-refractivity contribution in [2.45, 2.75) is 13.0 Å². The van der Waals surface area contributed by atoms with E-state index < -0.39 is 12.1 Å². The number of carboxylic acid groups (broad SMARTS) is 1. The maximum absolute atomic E-state index is 10.5. The molecule has 14 heavy (non-hydrogen) atoms. The van der Waals surface area contributed by atoms with Gasteiger partial charge in [0.25, 0.3) is 0 Å². The first-order valence-corrected chi connectivity index (χ1v) is 4.56. The van der Waals surface area contributed by atoms with Gasteiger partial charge < -0.3 is 10.2 Å². The van der Waals surface area contributed by atoms with Gasteiger partial charge in [0.1, 0.15) is 0 Å². The molecular formula is C9H8Cl2O3. The number of aliphatic hydroxyl groups excluding tert-OH is 1. The molecule has 0 aliphatic heterocycles. The summed E-state index contributed by atoms with van der Waals surface area (Å²) in [5, 5.41) is 18.5. The van der Waals surface area contributed by atoms with Gasteiger partial charge in [-0.05, 0) is 18.6 Å². The lowest BCUT2D eigenvalue weighted by Gasteiger charge is -2.10. The number of aliphatic carboxylic acids is 1. The predicted molar refractivity (Wildman–Crippen MR) is 53.8 cm³/mol. The second kappa shape index (κ2) is 4.17. The molecule has 0 aliphatic rings. The van der Waals surface area contributed by atoms with Crippen LogP contribution in [0, 0.1) is 6.92 Å². The molecule has 1 rings (SSSR count). The number of hydrogen-bond donors (Lipinski definition) is 2. The van der Waals surface area contributed by atoms with Gasteiger partial charge in [0, 0.05) is 10.6 Å². The first kappa shape index (κ1) is 11.3. The fourth-order valence-electron chi connectivity index (χ4n) is 1.03. The van der Waals surface area contributed by atoms with Crippen LogP contribution in [0.5, 0.6) is 0 Å². The zero-order chi connectivity index (χ0) is 10.9. The first-order valence-electron chi connectivity index (χ1n) is 3.80. The Balaban J connectivity index is 3.24. The largest absolute Gasteiger partial charge is 0.479 e. The predicted octanol–water partition coefficient (Wildman–Crippen LogP) is 2.42. The number of hydrogen-bond acceptors (Lipinski definition) is 2. The third kappa shape index (κ3) is 2.00. The average Bonchev–Trinajstić information content (AvgIpc) is 2.13. The zero-order valence-electron chi connectivity index (χ0n) is 7.29. The highest BCUT2D eigenvalue weighted by molar-refractivity contribution is 6.36. The minimum Gasteiger partial charge on any atom is -0.479 e. The SMILES string of the molecule is Cc1c(Cl)ccc([C@@H](O)C(=O)O)c1Cl. The summed E-state index contributed by atoms with van der Waals surface area (Å²) in [6, 6.07) is 2.90. The molecule has 0 heterocycles. The summed E-state index contributed by atoms with van der Waals surface area (Å²) in [6.07, 6.45) is -1.61. The van der Waals surface area contributed by atoms with Crippen LogP contribution < -0.4 is 0 Å². The van der Waals surface area contributed by atoms with Crippen LogP contribution in [0.15, 0.2) is 12.1 Å². The quantitative estimate of drug-likeness (QED) is 0.827. The molecule has 0 radical (unpaired) electrons. The Labute approximate surface area is 90.9 Å².